The SMILES string of the molecule is CCCCCCCCC=CC=CC=COCOC.[MgH2]. The van der Waals surface area contributed by atoms with Gasteiger partial charge in [-0.3, -0.25) is 0 Å². The summed E-state index contributed by atoms with van der Waals surface area (Å²) in [4.78, 5) is 0. The lowest BCUT2D eigenvalue weighted by molar-refractivity contribution is 0.0199. The molecular weight excluding hydrogens is 248 g/mol. The molecule has 0 spiro atoms. The minimum absolute atomic E-state index is 0. The first kappa shape index (κ1) is 21.1. The van der Waals surface area contributed by atoms with Gasteiger partial charge in [0.05, 0.1) is 6.26 Å². The molecule has 0 saturated heterocycles. The molecule has 0 fully saturated rings. The third kappa shape index (κ3) is 20.2. The molecule has 0 amide bonds. The molecule has 0 bridgehead atoms. The van der Waals surface area contributed by atoms with E-state index >= 15 is 0 Å². The van der Waals surface area contributed by atoms with E-state index in [1.165, 1.54) is 44.9 Å². The Morgan fingerprint density at radius 1 is 0.842 bits per heavy atom. The topological polar surface area (TPSA) is 18.5 Å². The van der Waals surface area contributed by atoms with Crippen molar-refractivity contribution in [1.82, 2.24) is 0 Å². The molecule has 0 atom stereocenters. The molecule has 0 aliphatic heterocycles. The zero-order chi connectivity index (χ0) is 13.3. The van der Waals surface area contributed by atoms with Crippen LogP contribution in [0, 0.1) is 0 Å². The lowest BCUT2D eigenvalue weighted by Crippen LogP contribution is -1.87. The monoisotopic (exact) mass is 278 g/mol. The predicted molar refractivity (Wildman–Crippen MR) is 86.9 cm³/mol. The van der Waals surface area contributed by atoms with E-state index in [9.17, 15) is 0 Å². The molecule has 0 aliphatic carbocycles. The van der Waals surface area contributed by atoms with Crippen LogP contribution in [-0.2, 0) is 9.47 Å². The van der Waals surface area contributed by atoms with E-state index in [-0.39, 0.29) is 23.1 Å². The van der Waals surface area contributed by atoms with Gasteiger partial charge in [0.2, 0.25) is 0 Å². The van der Waals surface area contributed by atoms with Crippen LogP contribution in [0.1, 0.15) is 51.9 Å². The van der Waals surface area contributed by atoms with Crippen LogP contribution in [0.4, 0.5) is 0 Å². The first-order valence-electron chi connectivity index (χ1n) is 7.00. The minimum Gasteiger partial charge on any atom is -0.475 e. The number of allylic oxidation sites excluding steroid dienone is 5. The van der Waals surface area contributed by atoms with E-state index in [1.807, 2.05) is 18.2 Å². The summed E-state index contributed by atoms with van der Waals surface area (Å²) < 4.78 is 9.73. The smallest absolute Gasteiger partial charge is 0.316 e. The molecule has 0 rings (SSSR count). The quantitative estimate of drug-likeness (QED) is 0.176. The van der Waals surface area contributed by atoms with E-state index in [1.54, 1.807) is 13.4 Å². The highest BCUT2D eigenvalue weighted by Gasteiger charge is 1.87. The van der Waals surface area contributed by atoms with E-state index in [0.29, 0.717) is 6.79 Å². The Hall–Kier alpha value is -0.254. The maximum Gasteiger partial charge on any atom is 0.316 e. The van der Waals surface area contributed by atoms with Crippen LogP contribution in [0.2, 0.25) is 0 Å². The van der Waals surface area contributed by atoms with Crippen molar-refractivity contribution in [3.8, 4) is 0 Å². The summed E-state index contributed by atoms with van der Waals surface area (Å²) in [6.45, 7) is 2.56. The average Bonchev–Trinajstić information content (AvgIpc) is 2.39. The molecule has 0 aromatic carbocycles. The van der Waals surface area contributed by atoms with E-state index in [4.69, 9.17) is 9.47 Å². The second kappa shape index (κ2) is 20.1. The molecule has 0 saturated carbocycles. The minimum atomic E-state index is 0. The van der Waals surface area contributed by atoms with Gasteiger partial charge in [-0.05, 0) is 18.9 Å². The number of hydrogen-bond acceptors (Lipinski definition) is 2. The highest BCUT2D eigenvalue weighted by atomic mass is 24.3. The van der Waals surface area contributed by atoms with Gasteiger partial charge < -0.3 is 9.47 Å². The van der Waals surface area contributed by atoms with Crippen LogP contribution in [0.25, 0.3) is 0 Å². The van der Waals surface area contributed by atoms with Crippen LogP contribution in [0.3, 0.4) is 0 Å². The molecule has 108 valence electrons. The number of methoxy groups -OCH3 is 1. The van der Waals surface area contributed by atoms with Crippen molar-refractivity contribution in [2.24, 2.45) is 0 Å². The predicted octanol–water partition coefficient (Wildman–Crippen LogP) is 4.07. The molecule has 3 heteroatoms. The molecule has 2 nitrogen and oxygen atoms in total. The average molecular weight is 279 g/mol. The second-order valence-corrected chi connectivity index (χ2v) is 4.27. The largest absolute Gasteiger partial charge is 0.475 e. The summed E-state index contributed by atoms with van der Waals surface area (Å²) in [5, 5.41) is 0. The van der Waals surface area contributed by atoms with E-state index < -0.39 is 0 Å². The fraction of sp³-hybridized carbons (Fsp3) is 0.625. The van der Waals surface area contributed by atoms with Crippen molar-refractivity contribution in [2.45, 2.75) is 51.9 Å². The van der Waals surface area contributed by atoms with Crippen LogP contribution in [0.15, 0.2) is 36.6 Å². The van der Waals surface area contributed by atoms with Crippen molar-refractivity contribution in [1.29, 1.82) is 0 Å². The van der Waals surface area contributed by atoms with Gasteiger partial charge in [-0.1, -0.05) is 63.3 Å². The number of rotatable bonds is 12. The fourth-order valence-corrected chi connectivity index (χ4v) is 1.55. The van der Waals surface area contributed by atoms with Crippen LogP contribution < -0.4 is 0 Å². The van der Waals surface area contributed by atoms with Gasteiger partial charge in [0.15, 0.2) is 6.79 Å². The first-order valence-corrected chi connectivity index (χ1v) is 7.00. The van der Waals surface area contributed by atoms with Crippen LogP contribution >= 0.6 is 0 Å². The summed E-state index contributed by atoms with van der Waals surface area (Å²) in [5.74, 6) is 0. The Labute approximate surface area is 135 Å². The van der Waals surface area contributed by atoms with Crippen LogP contribution in [0.5, 0.6) is 0 Å². The fourth-order valence-electron chi connectivity index (χ4n) is 1.55. The lowest BCUT2D eigenvalue weighted by atomic mass is 10.1. The zero-order valence-corrected chi connectivity index (χ0v) is 11.9. The van der Waals surface area contributed by atoms with Gasteiger partial charge in [-0.15, -0.1) is 0 Å². The second-order valence-electron chi connectivity index (χ2n) is 4.27. The molecule has 0 radical (unpaired) electrons. The Morgan fingerprint density at radius 3 is 2.26 bits per heavy atom. The highest BCUT2D eigenvalue weighted by Crippen LogP contribution is 2.07. The van der Waals surface area contributed by atoms with Gasteiger partial charge in [0.25, 0.3) is 0 Å². The number of hydrogen-bond donors (Lipinski definition) is 0. The molecule has 0 N–H and O–H groups in total. The Bertz CT molecular complexity index is 235. The number of ether oxygens (including phenoxy) is 2. The molecule has 0 unspecified atom stereocenters. The normalized spacial score (nSPS) is 11.5. The molecule has 0 aromatic heterocycles. The summed E-state index contributed by atoms with van der Waals surface area (Å²) in [7, 11) is 1.61. The van der Waals surface area contributed by atoms with Crippen molar-refractivity contribution < 1.29 is 9.47 Å². The standard InChI is InChI=1S/C16H28O2.Mg.2H/c1-3-4-5-6-7-8-9-10-11-12-13-14-15-18-16-17-2;;;/h10-15H,3-9,16H2,1-2H3;;;. The highest BCUT2D eigenvalue weighted by molar-refractivity contribution is 5.75. The Morgan fingerprint density at radius 2 is 1.53 bits per heavy atom. The molecule has 0 aliphatic rings. The first-order chi connectivity index (χ1) is 8.91. The van der Waals surface area contributed by atoms with Crippen molar-refractivity contribution >= 4 is 23.1 Å². The molecule has 19 heavy (non-hydrogen) atoms. The Balaban J connectivity index is 0. The van der Waals surface area contributed by atoms with Gasteiger partial charge >= 0.3 is 23.1 Å². The van der Waals surface area contributed by atoms with Gasteiger partial charge in [-0.2, -0.15) is 0 Å². The number of unbranched alkanes of at least 4 members (excludes halogenated alkanes) is 6. The summed E-state index contributed by atoms with van der Waals surface area (Å²) in [6, 6.07) is 0. The summed E-state index contributed by atoms with van der Waals surface area (Å²) >= 11 is 0. The third-order valence-electron chi connectivity index (χ3n) is 2.55. The van der Waals surface area contributed by atoms with Gasteiger partial charge in [-0.25, -0.2) is 0 Å². The van der Waals surface area contributed by atoms with Crippen LogP contribution in [-0.4, -0.2) is 37.0 Å². The van der Waals surface area contributed by atoms with E-state index in [0.717, 1.165) is 0 Å². The maximum absolute atomic E-state index is 5.00. The van der Waals surface area contributed by atoms with Gasteiger partial charge in [0, 0.05) is 7.11 Å². The zero-order valence-electron chi connectivity index (χ0n) is 11.9. The van der Waals surface area contributed by atoms with E-state index in [2.05, 4.69) is 19.1 Å². The lowest BCUT2D eigenvalue weighted by Gasteiger charge is -1.97. The van der Waals surface area contributed by atoms with Gasteiger partial charge in [0.1, 0.15) is 0 Å². The third-order valence-corrected chi connectivity index (χ3v) is 2.55. The molecule has 0 aromatic rings. The van der Waals surface area contributed by atoms with Crippen molar-refractivity contribution in [3.05, 3.63) is 36.6 Å². The Kier molecular flexibility index (Phi) is 22.2. The molecule has 0 heterocycles. The summed E-state index contributed by atoms with van der Waals surface area (Å²) in [5.41, 5.74) is 0. The molecular formula is C16H30MgO2. The van der Waals surface area contributed by atoms with Crippen molar-refractivity contribution in [3.63, 3.8) is 0 Å². The maximum atomic E-state index is 5.00. The summed E-state index contributed by atoms with van der Waals surface area (Å²) in [6.07, 6.45) is 21.1. The van der Waals surface area contributed by atoms with Crippen molar-refractivity contribution in [2.75, 3.05) is 13.9 Å².